The normalized spacial score (nSPS) is 11.9. The molecule has 0 aliphatic heterocycles. The second kappa shape index (κ2) is 13.3. The lowest BCUT2D eigenvalue weighted by Crippen LogP contribution is -2.56. The van der Waals surface area contributed by atoms with Crippen LogP contribution in [0, 0.1) is 0 Å². The average molecular weight is 564 g/mol. The number of thiol groups is 1. The Bertz CT molecular complexity index is 1430. The Kier molecular flexibility index (Phi) is 9.89. The van der Waals surface area contributed by atoms with E-state index < -0.39 is 47.3 Å². The number of nitrogens with two attached hydrogens (primary N) is 1. The lowest BCUT2D eigenvalue weighted by Gasteiger charge is -2.24. The first-order chi connectivity index (χ1) is 19.1. The maximum Gasteiger partial charge on any atom is 0.255 e. The molecule has 0 heterocycles. The van der Waals surface area contributed by atoms with Crippen LogP contribution in [0.2, 0.25) is 0 Å². The summed E-state index contributed by atoms with van der Waals surface area (Å²) >= 11 is 4.17. The summed E-state index contributed by atoms with van der Waals surface area (Å²) in [7, 11) is 1.17. The third-order valence-corrected chi connectivity index (χ3v) is 6.14. The predicted molar refractivity (Wildman–Crippen MR) is 152 cm³/mol. The lowest BCUT2D eigenvalue weighted by atomic mass is 9.93. The average Bonchev–Trinajstić information content (AvgIpc) is 2.95. The molecule has 0 fully saturated rings. The molecular weight excluding hydrogens is 539 g/mol. The minimum atomic E-state index is -1.49. The molecule has 3 aromatic rings. The highest BCUT2D eigenvalue weighted by molar-refractivity contribution is 8.08. The molecule has 0 saturated heterocycles. The van der Waals surface area contributed by atoms with Crippen LogP contribution in [0.5, 0.6) is 11.5 Å². The van der Waals surface area contributed by atoms with E-state index in [1.165, 1.54) is 43.5 Å². The van der Waals surface area contributed by atoms with Crippen LogP contribution < -0.4 is 27.1 Å². The van der Waals surface area contributed by atoms with Crippen molar-refractivity contribution in [3.8, 4) is 11.5 Å². The van der Waals surface area contributed by atoms with Gasteiger partial charge in [0.15, 0.2) is 23.9 Å². The highest BCUT2D eigenvalue weighted by atomic mass is 32.1. The number of anilines is 2. The molecule has 0 spiro atoms. The molecule has 0 aliphatic rings. The minimum Gasteiger partial charge on any atom is -0.504 e. The first kappa shape index (κ1) is 29.7. The monoisotopic (exact) mass is 564 g/mol. The lowest BCUT2D eigenvalue weighted by molar-refractivity contribution is -0.134. The van der Waals surface area contributed by atoms with Crippen molar-refractivity contribution in [2.75, 3.05) is 17.7 Å². The third-order valence-electron chi connectivity index (χ3n) is 5.78. The summed E-state index contributed by atoms with van der Waals surface area (Å²) in [6, 6.07) is 13.0. The summed E-state index contributed by atoms with van der Waals surface area (Å²) in [5.74, 6) is -4.43. The summed E-state index contributed by atoms with van der Waals surface area (Å²) in [6.45, 7) is 0.474. The van der Waals surface area contributed by atoms with Crippen LogP contribution in [0.3, 0.4) is 0 Å². The Morgan fingerprint density at radius 1 is 0.900 bits per heavy atom. The first-order valence-electron chi connectivity index (χ1n) is 11.6. The predicted octanol–water partition coefficient (Wildman–Crippen LogP) is 0.307. The van der Waals surface area contributed by atoms with Gasteiger partial charge in [0, 0.05) is 23.9 Å². The molecule has 2 unspecified atom stereocenters. The zero-order valence-corrected chi connectivity index (χ0v) is 22.0. The number of phenolic OH excluding ortho intramolecular Hbond substituents is 2. The SMILES string of the molecule is COC(C(N)=O)C(NC(=O)c1ccc(BS)cc1)C(=O)Nc1ccc(C(=O)Nc2ccc(C=O)c(O)c2O)cc1. The molecule has 3 rings (SSSR count). The molecule has 0 saturated carbocycles. The second-order valence-electron chi connectivity index (χ2n) is 8.40. The standard InChI is InChI=1S/C26H25BN4O8S/c1-39-22(23(28)35)19(31-25(37)13-2-7-16(27-40)8-3-13)26(38)29-17-9-4-14(5-10-17)24(36)30-18-11-6-15(12-32)20(33)21(18)34/h2-12,19,22,27,33-34,40H,1H3,(H2,28,35)(H,29,38)(H,30,36)(H,31,37). The van der Waals surface area contributed by atoms with Gasteiger partial charge in [0.1, 0.15) is 6.04 Å². The number of hydrogen-bond acceptors (Lipinski definition) is 9. The molecule has 3 aromatic carbocycles. The highest BCUT2D eigenvalue weighted by Gasteiger charge is 2.34. The van der Waals surface area contributed by atoms with E-state index in [2.05, 4.69) is 28.4 Å². The Balaban J connectivity index is 1.74. The van der Waals surface area contributed by atoms with Crippen LogP contribution in [0.4, 0.5) is 11.4 Å². The van der Waals surface area contributed by atoms with Crippen LogP contribution in [-0.2, 0) is 14.3 Å². The summed E-state index contributed by atoms with van der Waals surface area (Å²) in [4.78, 5) is 61.3. The summed E-state index contributed by atoms with van der Waals surface area (Å²) in [6.07, 6.45) is -1.14. The Morgan fingerprint density at radius 2 is 1.50 bits per heavy atom. The maximum absolute atomic E-state index is 13.1. The van der Waals surface area contributed by atoms with Crippen LogP contribution in [0.25, 0.3) is 0 Å². The molecule has 206 valence electrons. The van der Waals surface area contributed by atoms with Gasteiger partial charge in [-0.25, -0.2) is 12.5 Å². The number of primary amides is 1. The van der Waals surface area contributed by atoms with E-state index in [4.69, 9.17) is 10.5 Å². The van der Waals surface area contributed by atoms with E-state index in [-0.39, 0.29) is 28.1 Å². The number of amides is 4. The Morgan fingerprint density at radius 3 is 2.05 bits per heavy atom. The molecule has 0 bridgehead atoms. The van der Waals surface area contributed by atoms with Crippen molar-refractivity contribution >= 4 is 65.8 Å². The van der Waals surface area contributed by atoms with Gasteiger partial charge in [0.2, 0.25) is 18.4 Å². The van der Waals surface area contributed by atoms with Crippen LogP contribution in [0.15, 0.2) is 60.7 Å². The van der Waals surface area contributed by atoms with Gasteiger partial charge in [-0.1, -0.05) is 17.6 Å². The quantitative estimate of drug-likeness (QED) is 0.0747. The number of benzene rings is 3. The summed E-state index contributed by atoms with van der Waals surface area (Å²) in [5, 5.41) is 27.3. The van der Waals surface area contributed by atoms with Gasteiger partial charge in [0.05, 0.1) is 11.3 Å². The van der Waals surface area contributed by atoms with Gasteiger partial charge in [-0.05, 0) is 48.5 Å². The fraction of sp³-hybridized carbons (Fsp3) is 0.115. The van der Waals surface area contributed by atoms with E-state index in [1.807, 2.05) is 0 Å². The van der Waals surface area contributed by atoms with Gasteiger partial charge < -0.3 is 36.6 Å². The number of aldehydes is 1. The van der Waals surface area contributed by atoms with Crippen molar-refractivity contribution in [1.29, 1.82) is 0 Å². The first-order valence-corrected chi connectivity index (χ1v) is 12.3. The van der Waals surface area contributed by atoms with Crippen molar-refractivity contribution in [3.05, 3.63) is 77.4 Å². The topological polar surface area (TPSA) is 197 Å². The van der Waals surface area contributed by atoms with Crippen molar-refractivity contribution in [2.45, 2.75) is 12.1 Å². The third kappa shape index (κ3) is 6.98. The number of rotatable bonds is 11. The molecule has 12 nitrogen and oxygen atoms in total. The maximum atomic E-state index is 13.1. The largest absolute Gasteiger partial charge is 0.504 e. The van der Waals surface area contributed by atoms with E-state index >= 15 is 0 Å². The number of carbonyl (C=O) groups is 5. The molecule has 0 aromatic heterocycles. The highest BCUT2D eigenvalue weighted by Crippen LogP contribution is 2.35. The molecule has 2 atom stereocenters. The van der Waals surface area contributed by atoms with Crippen molar-refractivity contribution in [1.82, 2.24) is 5.32 Å². The van der Waals surface area contributed by atoms with E-state index in [1.54, 1.807) is 24.3 Å². The Hall–Kier alpha value is -4.82. The van der Waals surface area contributed by atoms with Gasteiger partial charge in [-0.3, -0.25) is 24.0 Å². The van der Waals surface area contributed by atoms with Crippen molar-refractivity contribution < 1.29 is 38.9 Å². The van der Waals surface area contributed by atoms with Gasteiger partial charge in [-0.2, -0.15) is 0 Å². The van der Waals surface area contributed by atoms with Crippen LogP contribution in [0.1, 0.15) is 31.1 Å². The number of ether oxygens (including phenoxy) is 1. The molecular formula is C26H25BN4O8S. The van der Waals surface area contributed by atoms with Crippen LogP contribution in [-0.4, -0.2) is 65.9 Å². The fourth-order valence-electron chi connectivity index (χ4n) is 3.59. The molecule has 7 N–H and O–H groups in total. The number of carbonyl (C=O) groups excluding carboxylic acids is 5. The fourth-order valence-corrected chi connectivity index (χ4v) is 3.80. The van der Waals surface area contributed by atoms with E-state index in [9.17, 15) is 34.2 Å². The molecule has 0 aliphatic carbocycles. The smallest absolute Gasteiger partial charge is 0.255 e. The zero-order valence-electron chi connectivity index (χ0n) is 21.1. The minimum absolute atomic E-state index is 0.123. The van der Waals surface area contributed by atoms with Gasteiger partial charge >= 0.3 is 0 Å². The number of phenols is 2. The van der Waals surface area contributed by atoms with E-state index in [0.717, 1.165) is 5.46 Å². The van der Waals surface area contributed by atoms with Crippen molar-refractivity contribution in [2.24, 2.45) is 5.73 Å². The summed E-state index contributed by atoms with van der Waals surface area (Å²) in [5.41, 5.74) is 6.56. The molecule has 14 heteroatoms. The number of methoxy groups -OCH3 is 1. The van der Waals surface area contributed by atoms with Gasteiger partial charge in [-0.15, -0.1) is 0 Å². The molecule has 40 heavy (non-hydrogen) atoms. The number of aromatic hydroxyl groups is 2. The number of hydrogen-bond donors (Lipinski definition) is 7. The summed E-state index contributed by atoms with van der Waals surface area (Å²) < 4.78 is 5.08. The Labute approximate surface area is 234 Å². The zero-order chi connectivity index (χ0) is 29.4. The molecule has 4 amide bonds. The van der Waals surface area contributed by atoms with Crippen molar-refractivity contribution in [3.63, 3.8) is 0 Å². The second-order valence-corrected chi connectivity index (χ2v) is 8.72. The van der Waals surface area contributed by atoms with E-state index in [0.29, 0.717) is 12.8 Å². The van der Waals surface area contributed by atoms with Crippen LogP contribution >= 0.6 is 12.5 Å². The van der Waals surface area contributed by atoms with Gasteiger partial charge in [0.25, 0.3) is 11.8 Å². The molecule has 0 radical (unpaired) electrons. The number of nitrogens with one attached hydrogen (secondary N) is 3.